The Balaban J connectivity index is 2.02. The maximum Gasteiger partial charge on any atom is 0.337 e. The molecule has 0 unspecified atom stereocenters. The molecular formula is C20H20ClN3O4S. The highest BCUT2D eigenvalue weighted by molar-refractivity contribution is 7.80. The summed E-state index contributed by atoms with van der Waals surface area (Å²) in [7, 11) is 1.28. The van der Waals surface area contributed by atoms with Crippen LogP contribution in [-0.2, 0) is 9.53 Å². The highest BCUT2D eigenvalue weighted by Gasteiger charge is 2.12. The lowest BCUT2D eigenvalue weighted by atomic mass is 10.1. The summed E-state index contributed by atoms with van der Waals surface area (Å²) in [5.74, 6) is -1.05. The van der Waals surface area contributed by atoms with Crippen molar-refractivity contribution in [2.75, 3.05) is 17.7 Å². The van der Waals surface area contributed by atoms with Gasteiger partial charge in [-0.05, 0) is 61.1 Å². The van der Waals surface area contributed by atoms with Crippen LogP contribution >= 0.6 is 23.8 Å². The van der Waals surface area contributed by atoms with Crippen molar-refractivity contribution in [3.05, 3.63) is 58.6 Å². The summed E-state index contributed by atoms with van der Waals surface area (Å²) in [6.45, 7) is 1.92. The Hall–Kier alpha value is -2.97. The maximum atomic E-state index is 12.3. The largest absolute Gasteiger partial charge is 0.465 e. The number of esters is 1. The van der Waals surface area contributed by atoms with E-state index in [1.165, 1.54) is 31.4 Å². The number of rotatable bonds is 6. The van der Waals surface area contributed by atoms with Crippen molar-refractivity contribution in [1.29, 1.82) is 0 Å². The molecule has 0 bridgehead atoms. The van der Waals surface area contributed by atoms with Crippen LogP contribution in [0.2, 0.25) is 5.02 Å². The number of carbonyl (C=O) groups excluding carboxylic acids is 3. The summed E-state index contributed by atoms with van der Waals surface area (Å²) in [6.07, 6.45) is 1.15. The quantitative estimate of drug-likeness (QED) is 0.470. The molecule has 0 saturated carbocycles. The number of carbonyl (C=O) groups is 3. The Kier molecular flexibility index (Phi) is 8.11. The van der Waals surface area contributed by atoms with E-state index in [0.29, 0.717) is 33.9 Å². The van der Waals surface area contributed by atoms with Gasteiger partial charge in [-0.3, -0.25) is 14.9 Å². The molecule has 0 aliphatic heterocycles. The number of nitrogens with one attached hydrogen (secondary N) is 3. The lowest BCUT2D eigenvalue weighted by Gasteiger charge is -2.13. The van der Waals surface area contributed by atoms with Crippen LogP contribution in [0.15, 0.2) is 42.5 Å². The Morgan fingerprint density at radius 3 is 2.31 bits per heavy atom. The van der Waals surface area contributed by atoms with Gasteiger partial charge in [0.05, 0.1) is 23.4 Å². The van der Waals surface area contributed by atoms with Crippen LogP contribution in [0.3, 0.4) is 0 Å². The number of amides is 2. The van der Waals surface area contributed by atoms with Gasteiger partial charge in [0.1, 0.15) is 0 Å². The van der Waals surface area contributed by atoms with E-state index in [-0.39, 0.29) is 11.0 Å². The van der Waals surface area contributed by atoms with E-state index in [1.807, 2.05) is 6.92 Å². The first-order chi connectivity index (χ1) is 13.8. The van der Waals surface area contributed by atoms with Crippen LogP contribution < -0.4 is 16.0 Å². The smallest absolute Gasteiger partial charge is 0.337 e. The van der Waals surface area contributed by atoms with Gasteiger partial charge in [-0.25, -0.2) is 4.79 Å². The second-order valence-corrected chi connectivity index (χ2v) is 6.79. The third-order valence-corrected chi connectivity index (χ3v) is 4.30. The molecule has 0 fully saturated rings. The third kappa shape index (κ3) is 6.55. The minimum atomic E-state index is -0.491. The molecule has 0 spiro atoms. The fourth-order valence-corrected chi connectivity index (χ4v) is 2.72. The molecule has 2 aromatic rings. The summed E-state index contributed by atoms with van der Waals surface area (Å²) < 4.78 is 4.62. The molecule has 7 nitrogen and oxygen atoms in total. The molecular weight excluding hydrogens is 414 g/mol. The first-order valence-electron chi connectivity index (χ1n) is 8.74. The lowest BCUT2D eigenvalue weighted by molar-refractivity contribution is -0.116. The van der Waals surface area contributed by atoms with E-state index < -0.39 is 11.9 Å². The summed E-state index contributed by atoms with van der Waals surface area (Å²) in [5.41, 5.74) is 1.64. The van der Waals surface area contributed by atoms with Crippen LogP contribution in [-0.4, -0.2) is 30.0 Å². The highest BCUT2D eigenvalue weighted by Crippen LogP contribution is 2.25. The Bertz CT molecular complexity index is 932. The Morgan fingerprint density at radius 1 is 1.03 bits per heavy atom. The van der Waals surface area contributed by atoms with Crippen LogP contribution in [0.1, 0.15) is 40.5 Å². The number of benzene rings is 2. The maximum absolute atomic E-state index is 12.3. The molecule has 3 N–H and O–H groups in total. The standard InChI is InChI=1S/C20H20ClN3O4S/c1-3-4-17(25)22-14-9-10-15(21)16(11-14)23-20(29)24-18(26)12-5-7-13(8-6-12)19(27)28-2/h5-11H,3-4H2,1-2H3,(H,22,25)(H2,23,24,26,29). The predicted molar refractivity (Wildman–Crippen MR) is 116 cm³/mol. The van der Waals surface area contributed by atoms with Crippen molar-refractivity contribution in [3.63, 3.8) is 0 Å². The van der Waals surface area contributed by atoms with Gasteiger partial charge >= 0.3 is 5.97 Å². The molecule has 152 valence electrons. The lowest BCUT2D eigenvalue weighted by Crippen LogP contribution is -2.34. The summed E-state index contributed by atoms with van der Waals surface area (Å²) in [4.78, 5) is 35.5. The molecule has 2 rings (SSSR count). The van der Waals surface area contributed by atoms with E-state index in [0.717, 1.165) is 6.42 Å². The van der Waals surface area contributed by atoms with E-state index in [2.05, 4.69) is 20.7 Å². The van der Waals surface area contributed by atoms with E-state index >= 15 is 0 Å². The predicted octanol–water partition coefficient (Wildman–Crippen LogP) is 3.99. The number of methoxy groups -OCH3 is 1. The van der Waals surface area contributed by atoms with Crippen molar-refractivity contribution in [1.82, 2.24) is 5.32 Å². The molecule has 29 heavy (non-hydrogen) atoms. The monoisotopic (exact) mass is 433 g/mol. The van der Waals surface area contributed by atoms with Crippen molar-refractivity contribution < 1.29 is 19.1 Å². The molecule has 0 atom stereocenters. The third-order valence-electron chi connectivity index (χ3n) is 3.77. The molecule has 2 amide bonds. The molecule has 2 aromatic carbocycles. The molecule has 0 aliphatic rings. The zero-order chi connectivity index (χ0) is 21.4. The highest BCUT2D eigenvalue weighted by atomic mass is 35.5. The topological polar surface area (TPSA) is 96.5 Å². The number of hydrogen-bond acceptors (Lipinski definition) is 5. The second-order valence-electron chi connectivity index (χ2n) is 5.97. The zero-order valence-electron chi connectivity index (χ0n) is 15.9. The molecule has 9 heteroatoms. The van der Waals surface area contributed by atoms with Crippen molar-refractivity contribution in [3.8, 4) is 0 Å². The first kappa shape index (κ1) is 22.3. The van der Waals surface area contributed by atoms with Crippen LogP contribution in [0.25, 0.3) is 0 Å². The van der Waals surface area contributed by atoms with Crippen molar-refractivity contribution in [2.45, 2.75) is 19.8 Å². The van der Waals surface area contributed by atoms with Crippen LogP contribution in [0, 0.1) is 0 Å². The number of hydrogen-bond donors (Lipinski definition) is 3. The molecule has 0 radical (unpaired) electrons. The average Bonchev–Trinajstić information content (AvgIpc) is 2.70. The fraction of sp³-hybridized carbons (Fsp3) is 0.200. The summed E-state index contributed by atoms with van der Waals surface area (Å²) in [6, 6.07) is 10.8. The van der Waals surface area contributed by atoms with E-state index in [9.17, 15) is 14.4 Å². The number of ether oxygens (including phenoxy) is 1. The van der Waals surface area contributed by atoms with Crippen LogP contribution in [0.5, 0.6) is 0 Å². The second kappa shape index (κ2) is 10.5. The summed E-state index contributed by atoms with van der Waals surface area (Å²) >= 11 is 11.3. The van der Waals surface area contributed by atoms with Gasteiger partial charge in [-0.15, -0.1) is 0 Å². The van der Waals surface area contributed by atoms with Gasteiger partial charge in [-0.1, -0.05) is 18.5 Å². The van der Waals surface area contributed by atoms with Crippen molar-refractivity contribution in [2.24, 2.45) is 0 Å². The van der Waals surface area contributed by atoms with Gasteiger partial charge in [-0.2, -0.15) is 0 Å². The van der Waals surface area contributed by atoms with E-state index in [4.69, 9.17) is 23.8 Å². The molecule has 0 saturated heterocycles. The Morgan fingerprint density at radius 2 is 1.69 bits per heavy atom. The molecule has 0 heterocycles. The first-order valence-corrected chi connectivity index (χ1v) is 9.52. The average molecular weight is 434 g/mol. The zero-order valence-corrected chi connectivity index (χ0v) is 17.4. The number of anilines is 2. The van der Waals surface area contributed by atoms with Crippen LogP contribution in [0.4, 0.5) is 11.4 Å². The summed E-state index contributed by atoms with van der Waals surface area (Å²) in [5, 5.41) is 8.54. The normalized spacial score (nSPS) is 10.0. The van der Waals surface area contributed by atoms with Gasteiger partial charge < -0.3 is 15.4 Å². The van der Waals surface area contributed by atoms with Gasteiger partial charge in [0.15, 0.2) is 5.11 Å². The van der Waals surface area contributed by atoms with Gasteiger partial charge in [0.25, 0.3) is 5.91 Å². The molecule has 0 aliphatic carbocycles. The number of halogens is 1. The van der Waals surface area contributed by atoms with Gasteiger partial charge in [0, 0.05) is 17.7 Å². The number of thiocarbonyl (C=S) groups is 1. The molecule has 0 aromatic heterocycles. The minimum absolute atomic E-state index is 0.0333. The SMILES string of the molecule is CCCC(=O)Nc1ccc(Cl)c(NC(=S)NC(=O)c2ccc(C(=O)OC)cc2)c1. The van der Waals surface area contributed by atoms with E-state index in [1.54, 1.807) is 18.2 Å². The van der Waals surface area contributed by atoms with Gasteiger partial charge in [0.2, 0.25) is 5.91 Å². The minimum Gasteiger partial charge on any atom is -0.465 e. The fourth-order valence-electron chi connectivity index (χ4n) is 2.35. The Labute approximate surface area is 178 Å². The van der Waals surface area contributed by atoms with Crippen molar-refractivity contribution >= 4 is 58.1 Å².